The lowest BCUT2D eigenvalue weighted by molar-refractivity contribution is 0.0536. The maximum atomic E-state index is 11.5. The average Bonchev–Trinajstić information content (AvgIpc) is 2.97. The molecule has 0 aliphatic heterocycles. The molecule has 0 aromatic carbocycles. The van der Waals surface area contributed by atoms with Crippen molar-refractivity contribution in [2.24, 2.45) is 0 Å². The zero-order valence-electron chi connectivity index (χ0n) is 8.56. The summed E-state index contributed by atoms with van der Waals surface area (Å²) in [5, 5.41) is 1.09. The van der Waals surface area contributed by atoms with Gasteiger partial charge in [0.25, 0.3) is 0 Å². The summed E-state index contributed by atoms with van der Waals surface area (Å²) in [6, 6.07) is 0. The van der Waals surface area contributed by atoms with Crippen molar-refractivity contribution >= 4 is 29.1 Å². The molecule has 0 radical (unpaired) electrons. The Morgan fingerprint density at radius 2 is 2.53 bits per heavy atom. The third-order valence-corrected chi connectivity index (χ3v) is 3.89. The SMILES string of the molecule is CSCCOC(=O)c1cnc(C2CC2)s1. The Morgan fingerprint density at radius 1 is 1.73 bits per heavy atom. The van der Waals surface area contributed by atoms with Crippen LogP contribution in [0.1, 0.15) is 33.4 Å². The van der Waals surface area contributed by atoms with Crippen LogP contribution in [0.15, 0.2) is 6.20 Å². The van der Waals surface area contributed by atoms with Crippen LogP contribution in [-0.4, -0.2) is 29.6 Å². The molecule has 15 heavy (non-hydrogen) atoms. The topological polar surface area (TPSA) is 39.2 Å². The van der Waals surface area contributed by atoms with E-state index in [1.165, 1.54) is 24.2 Å². The van der Waals surface area contributed by atoms with Crippen LogP contribution in [0.2, 0.25) is 0 Å². The van der Waals surface area contributed by atoms with Crippen molar-refractivity contribution in [3.8, 4) is 0 Å². The van der Waals surface area contributed by atoms with E-state index in [9.17, 15) is 4.79 Å². The second-order valence-electron chi connectivity index (χ2n) is 3.47. The summed E-state index contributed by atoms with van der Waals surface area (Å²) in [4.78, 5) is 16.4. The van der Waals surface area contributed by atoms with Gasteiger partial charge >= 0.3 is 5.97 Å². The van der Waals surface area contributed by atoms with E-state index in [1.807, 2.05) is 6.26 Å². The highest BCUT2D eigenvalue weighted by atomic mass is 32.2. The molecule has 2 rings (SSSR count). The maximum absolute atomic E-state index is 11.5. The number of hydrogen-bond acceptors (Lipinski definition) is 5. The maximum Gasteiger partial charge on any atom is 0.349 e. The molecular formula is C10H13NO2S2. The largest absolute Gasteiger partial charge is 0.461 e. The smallest absolute Gasteiger partial charge is 0.349 e. The van der Waals surface area contributed by atoms with Gasteiger partial charge in [-0.25, -0.2) is 9.78 Å². The number of rotatable bonds is 5. The molecule has 1 heterocycles. The molecule has 3 nitrogen and oxygen atoms in total. The summed E-state index contributed by atoms with van der Waals surface area (Å²) < 4.78 is 5.09. The van der Waals surface area contributed by atoms with Crippen molar-refractivity contribution in [1.82, 2.24) is 4.98 Å². The van der Waals surface area contributed by atoms with Crippen molar-refractivity contribution < 1.29 is 9.53 Å². The summed E-state index contributed by atoms with van der Waals surface area (Å²) in [6.45, 7) is 0.483. The van der Waals surface area contributed by atoms with Crippen molar-refractivity contribution in [2.45, 2.75) is 18.8 Å². The molecule has 1 fully saturated rings. The van der Waals surface area contributed by atoms with Gasteiger partial charge in [0.05, 0.1) is 11.2 Å². The van der Waals surface area contributed by atoms with Gasteiger partial charge in [0.15, 0.2) is 0 Å². The second-order valence-corrected chi connectivity index (χ2v) is 5.51. The Hall–Kier alpha value is -0.550. The summed E-state index contributed by atoms with van der Waals surface area (Å²) >= 11 is 3.15. The highest BCUT2D eigenvalue weighted by Gasteiger charge is 2.27. The number of carbonyl (C=O) groups excluding carboxylic acids is 1. The van der Waals surface area contributed by atoms with Crippen LogP contribution in [0.3, 0.4) is 0 Å². The summed E-state index contributed by atoms with van der Waals surface area (Å²) in [7, 11) is 0. The number of aromatic nitrogens is 1. The van der Waals surface area contributed by atoms with Crippen LogP contribution in [-0.2, 0) is 4.74 Å². The highest BCUT2D eigenvalue weighted by Crippen LogP contribution is 2.41. The molecule has 0 N–H and O–H groups in total. The highest BCUT2D eigenvalue weighted by molar-refractivity contribution is 7.98. The molecule has 0 saturated heterocycles. The standard InChI is InChI=1S/C10H13NO2S2/c1-14-5-4-13-10(12)8-6-11-9(15-8)7-2-3-7/h6-7H,2-5H2,1H3. The summed E-state index contributed by atoms with van der Waals surface area (Å²) in [6.07, 6.45) is 6.06. The van der Waals surface area contributed by atoms with Crippen LogP contribution in [0.4, 0.5) is 0 Å². The Morgan fingerprint density at radius 3 is 3.20 bits per heavy atom. The number of thioether (sulfide) groups is 1. The normalized spacial score (nSPS) is 15.3. The minimum absolute atomic E-state index is 0.228. The molecule has 0 spiro atoms. The van der Waals surface area contributed by atoms with Crippen LogP contribution in [0.5, 0.6) is 0 Å². The number of nitrogens with zero attached hydrogens (tertiary/aromatic N) is 1. The third-order valence-electron chi connectivity index (χ3n) is 2.17. The van der Waals surface area contributed by atoms with E-state index in [0.29, 0.717) is 17.4 Å². The van der Waals surface area contributed by atoms with Gasteiger partial charge in [-0.1, -0.05) is 0 Å². The lowest BCUT2D eigenvalue weighted by Gasteiger charge is -1.99. The molecule has 5 heteroatoms. The number of esters is 1. The minimum atomic E-state index is -0.228. The van der Waals surface area contributed by atoms with Gasteiger partial charge in [-0.15, -0.1) is 11.3 Å². The van der Waals surface area contributed by atoms with Crippen LogP contribution in [0.25, 0.3) is 0 Å². The van der Waals surface area contributed by atoms with Gasteiger partial charge in [0.2, 0.25) is 0 Å². The molecule has 1 saturated carbocycles. The number of ether oxygens (including phenoxy) is 1. The van der Waals surface area contributed by atoms with E-state index in [4.69, 9.17) is 4.74 Å². The average molecular weight is 243 g/mol. The Kier molecular flexibility index (Phi) is 3.64. The lowest BCUT2D eigenvalue weighted by Crippen LogP contribution is -2.05. The first-order chi connectivity index (χ1) is 7.31. The molecule has 0 atom stereocenters. The predicted octanol–water partition coefficient (Wildman–Crippen LogP) is 2.54. The first-order valence-electron chi connectivity index (χ1n) is 4.93. The van der Waals surface area contributed by atoms with Crippen molar-refractivity contribution in [2.75, 3.05) is 18.6 Å². The van der Waals surface area contributed by atoms with Crippen LogP contribution < -0.4 is 0 Å². The monoisotopic (exact) mass is 243 g/mol. The second kappa shape index (κ2) is 4.99. The minimum Gasteiger partial charge on any atom is -0.461 e. The third kappa shape index (κ3) is 2.95. The number of carbonyl (C=O) groups is 1. The Labute approximate surface area is 97.2 Å². The van der Waals surface area contributed by atoms with Crippen molar-refractivity contribution in [3.05, 3.63) is 16.1 Å². The quantitative estimate of drug-likeness (QED) is 0.588. The fourth-order valence-electron chi connectivity index (χ4n) is 1.19. The molecule has 0 amide bonds. The first-order valence-corrected chi connectivity index (χ1v) is 7.14. The van der Waals surface area contributed by atoms with Gasteiger partial charge < -0.3 is 4.74 Å². The van der Waals surface area contributed by atoms with E-state index in [0.717, 1.165) is 10.8 Å². The Balaban J connectivity index is 1.87. The van der Waals surface area contributed by atoms with Crippen LogP contribution >= 0.6 is 23.1 Å². The molecule has 1 aromatic heterocycles. The van der Waals surface area contributed by atoms with Gasteiger partial charge in [-0.3, -0.25) is 0 Å². The van der Waals surface area contributed by atoms with E-state index >= 15 is 0 Å². The molecule has 1 aliphatic rings. The van der Waals surface area contributed by atoms with Crippen molar-refractivity contribution in [3.63, 3.8) is 0 Å². The zero-order valence-corrected chi connectivity index (χ0v) is 10.2. The van der Waals surface area contributed by atoms with E-state index < -0.39 is 0 Å². The summed E-state index contributed by atoms with van der Waals surface area (Å²) in [5.74, 6) is 1.23. The van der Waals surface area contributed by atoms with Gasteiger partial charge in [-0.2, -0.15) is 11.8 Å². The van der Waals surface area contributed by atoms with Gasteiger partial charge in [-0.05, 0) is 19.1 Å². The molecule has 0 unspecified atom stereocenters. The lowest BCUT2D eigenvalue weighted by atomic mass is 10.5. The van der Waals surface area contributed by atoms with Crippen molar-refractivity contribution in [1.29, 1.82) is 0 Å². The molecule has 1 aromatic rings. The number of hydrogen-bond donors (Lipinski definition) is 0. The van der Waals surface area contributed by atoms with Crippen LogP contribution in [0, 0.1) is 0 Å². The predicted molar refractivity (Wildman–Crippen MR) is 62.8 cm³/mol. The molecular weight excluding hydrogens is 230 g/mol. The van der Waals surface area contributed by atoms with E-state index in [-0.39, 0.29) is 5.97 Å². The molecule has 0 bridgehead atoms. The zero-order chi connectivity index (χ0) is 10.7. The number of thiazole rings is 1. The van der Waals surface area contributed by atoms with E-state index in [1.54, 1.807) is 18.0 Å². The Bertz CT molecular complexity index is 347. The van der Waals surface area contributed by atoms with Gasteiger partial charge in [0.1, 0.15) is 11.5 Å². The van der Waals surface area contributed by atoms with Gasteiger partial charge in [0, 0.05) is 11.7 Å². The molecule has 1 aliphatic carbocycles. The molecule has 82 valence electrons. The first kappa shape index (κ1) is 11.0. The fourth-order valence-corrected chi connectivity index (χ4v) is 2.42. The van der Waals surface area contributed by atoms with E-state index in [2.05, 4.69) is 4.98 Å². The summed E-state index contributed by atoms with van der Waals surface area (Å²) in [5.41, 5.74) is 0. The fraction of sp³-hybridized carbons (Fsp3) is 0.600.